The van der Waals surface area contributed by atoms with Gasteiger partial charge in [-0.2, -0.15) is 0 Å². The Morgan fingerprint density at radius 2 is 0.500 bits per heavy atom. The number of esters is 4. The quantitative estimate of drug-likeness (QED) is 0.0222. The van der Waals surface area contributed by atoms with Crippen LogP contribution in [-0.2, 0) is 65.4 Å². The first-order chi connectivity index (χ1) is 46.3. The molecule has 0 aliphatic carbocycles. The molecular formula is C77H150O17P2. The van der Waals surface area contributed by atoms with Crippen LogP contribution in [-0.4, -0.2) is 96.7 Å². The molecule has 0 aromatic heterocycles. The molecule has 0 fully saturated rings. The predicted octanol–water partition coefficient (Wildman–Crippen LogP) is 22.6. The minimum Gasteiger partial charge on any atom is -0.462 e. The number of phosphoric acid groups is 2. The van der Waals surface area contributed by atoms with Gasteiger partial charge in [0, 0.05) is 25.7 Å². The topological polar surface area (TPSA) is 237 Å². The van der Waals surface area contributed by atoms with Crippen molar-refractivity contribution in [2.75, 3.05) is 39.6 Å². The first-order valence-corrected chi connectivity index (χ1v) is 43.0. The number of carbonyl (C=O) groups is 4. The minimum atomic E-state index is -4.96. The maximum absolute atomic E-state index is 13.1. The first kappa shape index (κ1) is 94.1. The Bertz CT molecular complexity index is 1880. The zero-order valence-electron chi connectivity index (χ0n) is 62.8. The monoisotopic (exact) mass is 1410 g/mol. The van der Waals surface area contributed by atoms with Crippen LogP contribution in [0, 0.1) is 17.8 Å². The molecular weight excluding hydrogens is 1260 g/mol. The normalized spacial score (nSPS) is 14.9. The smallest absolute Gasteiger partial charge is 0.462 e. The Morgan fingerprint density at radius 1 is 0.292 bits per heavy atom. The second-order valence-corrected chi connectivity index (χ2v) is 31.4. The lowest BCUT2D eigenvalue weighted by molar-refractivity contribution is -0.161. The Labute approximate surface area is 588 Å². The fourth-order valence-electron chi connectivity index (χ4n) is 11.7. The standard InChI is InChI=1S/C77H150O17P2/c1-8-12-13-14-15-16-17-23-29-37-44-51-58-74(79)87-65-73(94-77(82)61-54-47-40-33-32-36-43-50-57-70(7)11-4)67-92-96(85,86)90-63-71(78)62-89-95(83,84)91-66-72(64-88-75(80)59-52-45-38-30-26-25-28-35-42-49-56-69(6)10-3)93-76(81)60-53-46-39-31-24-21-19-18-20-22-27-34-41-48-55-68(5)9-2/h68-73,78H,8-67H2,1-7H3,(H,83,84)(H,85,86)/t68?,69?,70?,71-,72-,73-/m1/s1. The van der Waals surface area contributed by atoms with Gasteiger partial charge in [0.15, 0.2) is 12.2 Å². The first-order valence-electron chi connectivity index (χ1n) is 40.0. The molecule has 0 rings (SSSR count). The highest BCUT2D eigenvalue weighted by Crippen LogP contribution is 2.45. The van der Waals surface area contributed by atoms with Crippen molar-refractivity contribution in [3.8, 4) is 0 Å². The van der Waals surface area contributed by atoms with E-state index in [0.29, 0.717) is 25.7 Å². The van der Waals surface area contributed by atoms with Crippen molar-refractivity contribution >= 4 is 39.5 Å². The number of aliphatic hydroxyl groups excluding tert-OH is 1. The van der Waals surface area contributed by atoms with Gasteiger partial charge in [0.2, 0.25) is 0 Å². The minimum absolute atomic E-state index is 0.105. The number of carbonyl (C=O) groups excluding carboxylic acids is 4. The van der Waals surface area contributed by atoms with Crippen LogP contribution in [0.1, 0.15) is 395 Å². The molecule has 96 heavy (non-hydrogen) atoms. The van der Waals surface area contributed by atoms with Gasteiger partial charge in [-0.25, -0.2) is 9.13 Å². The van der Waals surface area contributed by atoms with E-state index in [0.717, 1.165) is 108 Å². The van der Waals surface area contributed by atoms with Crippen molar-refractivity contribution in [3.63, 3.8) is 0 Å². The molecule has 0 saturated carbocycles. The van der Waals surface area contributed by atoms with Crippen molar-refractivity contribution in [2.45, 2.75) is 414 Å². The van der Waals surface area contributed by atoms with Gasteiger partial charge in [-0.15, -0.1) is 0 Å². The molecule has 0 amide bonds. The molecule has 17 nitrogen and oxygen atoms in total. The van der Waals surface area contributed by atoms with Gasteiger partial charge < -0.3 is 33.8 Å². The third-order valence-electron chi connectivity index (χ3n) is 19.0. The third kappa shape index (κ3) is 66.6. The van der Waals surface area contributed by atoms with Crippen LogP contribution in [0.3, 0.4) is 0 Å². The molecule has 3 N–H and O–H groups in total. The molecule has 0 saturated heterocycles. The Kier molecular flexibility index (Phi) is 66.2. The summed E-state index contributed by atoms with van der Waals surface area (Å²) in [6, 6.07) is 0. The van der Waals surface area contributed by atoms with Crippen molar-refractivity contribution in [3.05, 3.63) is 0 Å². The van der Waals surface area contributed by atoms with Gasteiger partial charge >= 0.3 is 39.5 Å². The lowest BCUT2D eigenvalue weighted by Gasteiger charge is -2.21. The summed E-state index contributed by atoms with van der Waals surface area (Å²) in [5.41, 5.74) is 0. The van der Waals surface area contributed by atoms with Crippen molar-refractivity contribution < 1.29 is 80.2 Å². The third-order valence-corrected chi connectivity index (χ3v) is 20.9. The second kappa shape index (κ2) is 67.5. The van der Waals surface area contributed by atoms with Gasteiger partial charge in [-0.3, -0.25) is 37.3 Å². The lowest BCUT2D eigenvalue weighted by Crippen LogP contribution is -2.30. The summed E-state index contributed by atoms with van der Waals surface area (Å²) in [4.78, 5) is 72.9. The van der Waals surface area contributed by atoms with E-state index >= 15 is 0 Å². The van der Waals surface area contributed by atoms with E-state index in [2.05, 4.69) is 48.5 Å². The SMILES string of the molecule is CCCCCCCCCCCCCCC(=O)OC[C@H](COP(=O)(O)OC[C@H](O)COP(=O)(O)OC[C@@H](COC(=O)CCCCCCCCCCCCC(C)CC)OC(=O)CCCCCCCCCCCCCCCCC(C)CC)OC(=O)CCCCCCCCCCC(C)CC. The number of rotatable bonds is 75. The van der Waals surface area contributed by atoms with Crippen LogP contribution < -0.4 is 0 Å². The maximum atomic E-state index is 13.1. The Hall–Kier alpha value is -1.94. The van der Waals surface area contributed by atoms with Gasteiger partial charge in [0.05, 0.1) is 26.4 Å². The highest BCUT2D eigenvalue weighted by atomic mass is 31.2. The van der Waals surface area contributed by atoms with Gasteiger partial charge in [0.25, 0.3) is 0 Å². The summed E-state index contributed by atoms with van der Waals surface area (Å²) in [6.07, 6.45) is 53.8. The van der Waals surface area contributed by atoms with Crippen LogP contribution in [0.15, 0.2) is 0 Å². The summed E-state index contributed by atoms with van der Waals surface area (Å²) < 4.78 is 68.6. The van der Waals surface area contributed by atoms with E-state index < -0.39 is 97.5 Å². The van der Waals surface area contributed by atoms with Crippen LogP contribution in [0.5, 0.6) is 0 Å². The number of aliphatic hydroxyl groups is 1. The van der Waals surface area contributed by atoms with Gasteiger partial charge in [-0.1, -0.05) is 344 Å². The highest BCUT2D eigenvalue weighted by molar-refractivity contribution is 7.47. The van der Waals surface area contributed by atoms with Crippen LogP contribution in [0.25, 0.3) is 0 Å². The molecule has 0 aromatic rings. The fourth-order valence-corrected chi connectivity index (χ4v) is 13.3. The van der Waals surface area contributed by atoms with E-state index in [9.17, 15) is 43.2 Å². The Balaban J connectivity index is 5.27. The van der Waals surface area contributed by atoms with Crippen LogP contribution >= 0.6 is 15.6 Å². The van der Waals surface area contributed by atoms with E-state index in [-0.39, 0.29) is 25.7 Å². The highest BCUT2D eigenvalue weighted by Gasteiger charge is 2.30. The molecule has 0 bridgehead atoms. The Morgan fingerprint density at radius 3 is 0.740 bits per heavy atom. The van der Waals surface area contributed by atoms with Crippen molar-refractivity contribution in [1.82, 2.24) is 0 Å². The van der Waals surface area contributed by atoms with E-state index in [1.165, 1.54) is 205 Å². The molecule has 0 spiro atoms. The average molecular weight is 1410 g/mol. The summed E-state index contributed by atoms with van der Waals surface area (Å²) >= 11 is 0. The number of unbranched alkanes of at least 4 members (excludes halogenated alkanes) is 40. The molecule has 8 atom stereocenters. The lowest BCUT2D eigenvalue weighted by atomic mass is 9.99. The van der Waals surface area contributed by atoms with Crippen molar-refractivity contribution in [2.24, 2.45) is 17.8 Å². The zero-order chi connectivity index (χ0) is 70.9. The molecule has 0 heterocycles. The number of hydrogen-bond acceptors (Lipinski definition) is 15. The zero-order valence-corrected chi connectivity index (χ0v) is 64.6. The van der Waals surface area contributed by atoms with Crippen LogP contribution in [0.4, 0.5) is 0 Å². The molecule has 0 aliphatic rings. The van der Waals surface area contributed by atoms with E-state index in [1.807, 2.05) is 0 Å². The molecule has 0 radical (unpaired) electrons. The summed E-state index contributed by atoms with van der Waals surface area (Å²) in [5.74, 6) is 0.309. The maximum Gasteiger partial charge on any atom is 0.472 e. The molecule has 0 aliphatic heterocycles. The van der Waals surface area contributed by atoms with Gasteiger partial charge in [0.1, 0.15) is 19.3 Å². The second-order valence-electron chi connectivity index (χ2n) is 28.5. The van der Waals surface area contributed by atoms with Crippen LogP contribution in [0.2, 0.25) is 0 Å². The molecule has 5 unspecified atom stereocenters. The molecule has 0 aromatic carbocycles. The van der Waals surface area contributed by atoms with E-state index in [4.69, 9.17) is 37.0 Å². The number of hydrogen-bond donors (Lipinski definition) is 3. The van der Waals surface area contributed by atoms with E-state index in [1.54, 1.807) is 0 Å². The van der Waals surface area contributed by atoms with Gasteiger partial charge in [-0.05, 0) is 43.4 Å². The summed E-state index contributed by atoms with van der Waals surface area (Å²) in [5, 5.41) is 10.6. The fraction of sp³-hybridized carbons (Fsp3) is 0.948. The average Bonchev–Trinajstić information content (AvgIpc) is 1.16. The number of phosphoric ester groups is 2. The number of ether oxygens (including phenoxy) is 4. The predicted molar refractivity (Wildman–Crippen MR) is 391 cm³/mol. The molecule has 19 heteroatoms. The summed E-state index contributed by atoms with van der Waals surface area (Å²) in [7, 11) is -9.91. The summed E-state index contributed by atoms with van der Waals surface area (Å²) in [6.45, 7) is 12.0. The largest absolute Gasteiger partial charge is 0.472 e. The molecule has 570 valence electrons. The van der Waals surface area contributed by atoms with Crippen molar-refractivity contribution in [1.29, 1.82) is 0 Å².